The third-order valence-corrected chi connectivity index (χ3v) is 3.47. The van der Waals surface area contributed by atoms with Gasteiger partial charge in [0.1, 0.15) is 0 Å². The maximum absolute atomic E-state index is 6.00. The number of halogens is 2. The van der Waals surface area contributed by atoms with Gasteiger partial charge in [-0.25, -0.2) is 0 Å². The molecule has 2 nitrogen and oxygen atoms in total. The zero-order valence-electron chi connectivity index (χ0n) is 10.0. The highest BCUT2D eigenvalue weighted by Crippen LogP contribution is 2.21. The fraction of sp³-hybridized carbons (Fsp3) is 0.214. The SMILES string of the molecule is CNC(Cc1cccc(Cl)c1)c1cncc(Br)c1. The van der Waals surface area contributed by atoms with Crippen molar-refractivity contribution in [1.82, 2.24) is 10.3 Å². The Labute approximate surface area is 121 Å². The highest BCUT2D eigenvalue weighted by molar-refractivity contribution is 9.10. The van der Waals surface area contributed by atoms with Gasteiger partial charge >= 0.3 is 0 Å². The quantitative estimate of drug-likeness (QED) is 0.919. The summed E-state index contributed by atoms with van der Waals surface area (Å²) in [6.07, 6.45) is 4.56. The fourth-order valence-corrected chi connectivity index (χ4v) is 2.50. The van der Waals surface area contributed by atoms with E-state index in [2.05, 4.69) is 38.4 Å². The summed E-state index contributed by atoms with van der Waals surface area (Å²) in [4.78, 5) is 4.20. The molecule has 0 bridgehead atoms. The number of hydrogen-bond donors (Lipinski definition) is 1. The van der Waals surface area contributed by atoms with Crippen LogP contribution in [-0.2, 0) is 6.42 Å². The number of likely N-dealkylation sites (N-methyl/N-ethyl adjacent to an activating group) is 1. The summed E-state index contributed by atoms with van der Waals surface area (Å²) in [7, 11) is 1.95. The number of hydrogen-bond acceptors (Lipinski definition) is 2. The summed E-state index contributed by atoms with van der Waals surface area (Å²) in [6, 6.07) is 10.3. The van der Waals surface area contributed by atoms with Crippen LogP contribution in [0.3, 0.4) is 0 Å². The van der Waals surface area contributed by atoms with E-state index < -0.39 is 0 Å². The molecule has 0 radical (unpaired) electrons. The molecule has 0 fully saturated rings. The molecule has 1 heterocycles. The van der Waals surface area contributed by atoms with Crippen LogP contribution in [0.1, 0.15) is 17.2 Å². The lowest BCUT2D eigenvalue weighted by atomic mass is 10.0. The number of rotatable bonds is 4. The number of pyridine rings is 1. The topological polar surface area (TPSA) is 24.9 Å². The summed E-state index contributed by atoms with van der Waals surface area (Å²) in [6.45, 7) is 0. The van der Waals surface area contributed by atoms with Gasteiger partial charge in [-0.2, -0.15) is 0 Å². The van der Waals surface area contributed by atoms with Crippen LogP contribution in [-0.4, -0.2) is 12.0 Å². The third-order valence-electron chi connectivity index (χ3n) is 2.81. The van der Waals surface area contributed by atoms with Crippen molar-refractivity contribution in [3.05, 3.63) is 63.3 Å². The molecule has 1 aromatic carbocycles. The van der Waals surface area contributed by atoms with Crippen LogP contribution in [0.15, 0.2) is 47.2 Å². The smallest absolute Gasteiger partial charge is 0.0410 e. The van der Waals surface area contributed by atoms with Crippen molar-refractivity contribution in [2.24, 2.45) is 0 Å². The zero-order chi connectivity index (χ0) is 13.0. The van der Waals surface area contributed by atoms with Crippen LogP contribution in [0.4, 0.5) is 0 Å². The molecule has 0 aliphatic carbocycles. The predicted molar refractivity (Wildman–Crippen MR) is 78.9 cm³/mol. The van der Waals surface area contributed by atoms with Crippen molar-refractivity contribution in [3.63, 3.8) is 0 Å². The van der Waals surface area contributed by atoms with E-state index in [4.69, 9.17) is 11.6 Å². The van der Waals surface area contributed by atoms with Crippen molar-refractivity contribution in [1.29, 1.82) is 0 Å². The van der Waals surface area contributed by atoms with Gasteiger partial charge in [0.15, 0.2) is 0 Å². The summed E-state index contributed by atoms with van der Waals surface area (Å²) < 4.78 is 0.992. The average molecular weight is 326 g/mol. The van der Waals surface area contributed by atoms with Crippen molar-refractivity contribution in [3.8, 4) is 0 Å². The Hall–Kier alpha value is -0.900. The van der Waals surface area contributed by atoms with Gasteiger partial charge in [-0.15, -0.1) is 0 Å². The second kappa shape index (κ2) is 6.32. The lowest BCUT2D eigenvalue weighted by Crippen LogP contribution is -2.19. The molecule has 1 aromatic heterocycles. The molecule has 0 saturated heterocycles. The first-order valence-electron chi connectivity index (χ1n) is 5.71. The van der Waals surface area contributed by atoms with E-state index in [9.17, 15) is 0 Å². The van der Waals surface area contributed by atoms with E-state index in [1.165, 1.54) is 5.56 Å². The molecule has 2 rings (SSSR count). The lowest BCUT2D eigenvalue weighted by molar-refractivity contribution is 0.589. The number of nitrogens with one attached hydrogen (secondary N) is 1. The Morgan fingerprint density at radius 1 is 1.33 bits per heavy atom. The number of benzene rings is 1. The monoisotopic (exact) mass is 324 g/mol. The summed E-state index contributed by atoms with van der Waals surface area (Å²) in [5.74, 6) is 0. The van der Waals surface area contributed by atoms with Crippen molar-refractivity contribution in [2.45, 2.75) is 12.5 Å². The van der Waals surface area contributed by atoms with Crippen LogP contribution in [0.5, 0.6) is 0 Å². The molecule has 1 atom stereocenters. The molecule has 0 spiro atoms. The van der Waals surface area contributed by atoms with E-state index >= 15 is 0 Å². The fourth-order valence-electron chi connectivity index (χ4n) is 1.91. The minimum atomic E-state index is 0.230. The van der Waals surface area contributed by atoms with Crippen molar-refractivity contribution in [2.75, 3.05) is 7.05 Å². The summed E-state index contributed by atoms with van der Waals surface area (Å²) in [5.41, 5.74) is 2.37. The molecule has 18 heavy (non-hydrogen) atoms. The molecule has 94 valence electrons. The zero-order valence-corrected chi connectivity index (χ0v) is 12.4. The lowest BCUT2D eigenvalue weighted by Gasteiger charge is -2.16. The van der Waals surface area contributed by atoms with Gasteiger partial charge in [0.05, 0.1) is 0 Å². The second-order valence-electron chi connectivity index (χ2n) is 4.11. The molecular formula is C14H14BrClN2. The van der Waals surface area contributed by atoms with E-state index in [-0.39, 0.29) is 6.04 Å². The Morgan fingerprint density at radius 2 is 2.17 bits per heavy atom. The molecule has 1 unspecified atom stereocenters. The second-order valence-corrected chi connectivity index (χ2v) is 5.46. The first-order chi connectivity index (χ1) is 8.69. The van der Waals surface area contributed by atoms with Crippen LogP contribution >= 0.6 is 27.5 Å². The maximum Gasteiger partial charge on any atom is 0.0410 e. The van der Waals surface area contributed by atoms with Crippen LogP contribution in [0.25, 0.3) is 0 Å². The maximum atomic E-state index is 6.00. The molecular weight excluding hydrogens is 312 g/mol. The minimum absolute atomic E-state index is 0.230. The molecule has 0 aliphatic rings. The standard InChI is InChI=1S/C14H14BrClN2/c1-17-14(11-7-12(15)9-18-8-11)6-10-3-2-4-13(16)5-10/h2-5,7-9,14,17H,6H2,1H3. The third kappa shape index (κ3) is 3.55. The molecule has 0 amide bonds. The van der Waals surface area contributed by atoms with Gasteiger partial charge in [-0.05, 0) is 58.7 Å². The molecule has 0 aliphatic heterocycles. The van der Waals surface area contributed by atoms with Gasteiger partial charge in [0.25, 0.3) is 0 Å². The van der Waals surface area contributed by atoms with Crippen LogP contribution in [0, 0.1) is 0 Å². The summed E-state index contributed by atoms with van der Waals surface area (Å²) in [5, 5.41) is 4.08. The van der Waals surface area contributed by atoms with Crippen LogP contribution in [0.2, 0.25) is 5.02 Å². The normalized spacial score (nSPS) is 12.4. The average Bonchev–Trinajstić information content (AvgIpc) is 2.36. The molecule has 2 aromatic rings. The van der Waals surface area contributed by atoms with E-state index in [0.29, 0.717) is 0 Å². The Bertz CT molecular complexity index is 531. The Kier molecular flexibility index (Phi) is 4.75. The highest BCUT2D eigenvalue weighted by atomic mass is 79.9. The first-order valence-corrected chi connectivity index (χ1v) is 6.88. The molecule has 4 heteroatoms. The van der Waals surface area contributed by atoms with Gasteiger partial charge in [0.2, 0.25) is 0 Å². The Morgan fingerprint density at radius 3 is 2.83 bits per heavy atom. The van der Waals surface area contributed by atoms with Gasteiger partial charge in [-0.1, -0.05) is 23.7 Å². The van der Waals surface area contributed by atoms with E-state index in [1.807, 2.05) is 31.4 Å². The number of nitrogens with zero attached hydrogens (tertiary/aromatic N) is 1. The molecule has 0 saturated carbocycles. The summed E-state index contributed by atoms with van der Waals surface area (Å²) >= 11 is 9.45. The Balaban J connectivity index is 2.19. The largest absolute Gasteiger partial charge is 0.313 e. The van der Waals surface area contributed by atoms with Gasteiger partial charge in [0, 0.05) is 27.9 Å². The van der Waals surface area contributed by atoms with Gasteiger partial charge in [-0.3, -0.25) is 4.98 Å². The molecule has 1 N–H and O–H groups in total. The number of aromatic nitrogens is 1. The first kappa shape index (κ1) is 13.5. The van der Waals surface area contributed by atoms with Gasteiger partial charge < -0.3 is 5.32 Å². The minimum Gasteiger partial charge on any atom is -0.313 e. The van der Waals surface area contributed by atoms with Crippen molar-refractivity contribution < 1.29 is 0 Å². The predicted octanol–water partition coefficient (Wildman–Crippen LogP) is 4.00. The van der Waals surface area contributed by atoms with Crippen LogP contribution < -0.4 is 5.32 Å². The van der Waals surface area contributed by atoms with Crippen molar-refractivity contribution >= 4 is 27.5 Å². The highest BCUT2D eigenvalue weighted by Gasteiger charge is 2.11. The van der Waals surface area contributed by atoms with E-state index in [1.54, 1.807) is 6.20 Å². The van der Waals surface area contributed by atoms with E-state index in [0.717, 1.165) is 21.5 Å².